The summed E-state index contributed by atoms with van der Waals surface area (Å²) in [7, 11) is 1.81. The highest BCUT2D eigenvalue weighted by Crippen LogP contribution is 2.11. The molecule has 0 aromatic carbocycles. The molecule has 0 aliphatic rings. The lowest BCUT2D eigenvalue weighted by Gasteiger charge is -1.98. The fraction of sp³-hybridized carbons (Fsp3) is 0.286. The number of amides is 1. The summed E-state index contributed by atoms with van der Waals surface area (Å²) in [6.45, 7) is 3.79. The highest BCUT2D eigenvalue weighted by atomic mass is 32.1. The molecule has 2 rings (SSSR count). The molecule has 0 atom stereocenters. The van der Waals surface area contributed by atoms with Crippen molar-refractivity contribution in [2.24, 2.45) is 12.1 Å². The average Bonchev–Trinajstić information content (AvgIpc) is 2.96. The van der Waals surface area contributed by atoms with E-state index in [1.165, 1.54) is 11.3 Å². The first kappa shape index (κ1) is 14.9. The van der Waals surface area contributed by atoms with Gasteiger partial charge in [0, 0.05) is 23.7 Å². The third-order valence-corrected chi connectivity index (χ3v) is 3.91. The van der Waals surface area contributed by atoms with Crippen LogP contribution >= 0.6 is 11.3 Å². The van der Waals surface area contributed by atoms with Crippen LogP contribution in [0.25, 0.3) is 0 Å². The molecule has 2 aromatic heterocycles. The molecule has 108 valence electrons. The van der Waals surface area contributed by atoms with E-state index in [4.69, 9.17) is 5.26 Å². The third kappa shape index (κ3) is 3.55. The smallest absolute Gasteiger partial charge is 0.246 e. The summed E-state index contributed by atoms with van der Waals surface area (Å²) in [6, 6.07) is 3.83. The van der Waals surface area contributed by atoms with Crippen molar-refractivity contribution in [3.63, 3.8) is 0 Å². The van der Waals surface area contributed by atoms with Gasteiger partial charge >= 0.3 is 0 Å². The molecule has 7 heteroatoms. The zero-order valence-corrected chi connectivity index (χ0v) is 12.9. The van der Waals surface area contributed by atoms with Gasteiger partial charge in [0.1, 0.15) is 11.8 Å². The van der Waals surface area contributed by atoms with E-state index in [9.17, 15) is 4.79 Å². The Bertz CT molecular complexity index is 735. The van der Waals surface area contributed by atoms with Crippen LogP contribution in [-0.4, -0.2) is 21.7 Å². The molecule has 2 heterocycles. The molecule has 21 heavy (non-hydrogen) atoms. The Morgan fingerprint density at radius 3 is 2.95 bits per heavy atom. The minimum atomic E-state index is -0.217. The fourth-order valence-electron chi connectivity index (χ4n) is 1.83. The molecule has 0 unspecified atom stereocenters. The van der Waals surface area contributed by atoms with Gasteiger partial charge in [-0.3, -0.25) is 4.79 Å². The Morgan fingerprint density at radius 1 is 1.62 bits per heavy atom. The van der Waals surface area contributed by atoms with Crippen LogP contribution in [0.1, 0.15) is 27.7 Å². The molecule has 1 N–H and O–H groups in total. The largest absolute Gasteiger partial charge is 0.339 e. The van der Waals surface area contributed by atoms with Gasteiger partial charge < -0.3 is 4.57 Å². The van der Waals surface area contributed by atoms with E-state index in [2.05, 4.69) is 21.6 Å². The number of nitrogens with zero attached hydrogens (tertiary/aromatic N) is 4. The van der Waals surface area contributed by atoms with Crippen LogP contribution in [0.4, 0.5) is 0 Å². The maximum atomic E-state index is 11.7. The van der Waals surface area contributed by atoms with Gasteiger partial charge in [-0.25, -0.2) is 10.4 Å². The van der Waals surface area contributed by atoms with E-state index >= 15 is 0 Å². The number of aryl methyl sites for hydroxylation is 1. The number of carbonyl (C=O) groups is 1. The van der Waals surface area contributed by atoms with Crippen LogP contribution in [0.3, 0.4) is 0 Å². The average molecular weight is 301 g/mol. The Balaban J connectivity index is 1.96. The van der Waals surface area contributed by atoms with Crippen molar-refractivity contribution in [1.29, 1.82) is 5.26 Å². The number of hydrogen-bond acceptors (Lipinski definition) is 5. The lowest BCUT2D eigenvalue weighted by Crippen LogP contribution is -2.20. The van der Waals surface area contributed by atoms with E-state index in [1.807, 2.05) is 26.3 Å². The highest BCUT2D eigenvalue weighted by molar-refractivity contribution is 7.09. The Labute approximate surface area is 126 Å². The maximum absolute atomic E-state index is 11.7. The summed E-state index contributed by atoms with van der Waals surface area (Å²) in [5, 5.41) is 15.7. The molecular weight excluding hydrogens is 286 g/mol. The molecule has 2 aromatic rings. The number of rotatable bonds is 4. The van der Waals surface area contributed by atoms with Crippen molar-refractivity contribution in [2.75, 3.05) is 0 Å². The van der Waals surface area contributed by atoms with Crippen molar-refractivity contribution < 1.29 is 4.79 Å². The summed E-state index contributed by atoms with van der Waals surface area (Å²) in [6.07, 6.45) is 1.75. The van der Waals surface area contributed by atoms with Crippen molar-refractivity contribution >= 4 is 23.5 Å². The molecule has 0 fully saturated rings. The van der Waals surface area contributed by atoms with Crippen LogP contribution in [0, 0.1) is 25.2 Å². The topological polar surface area (TPSA) is 83.1 Å². The quantitative estimate of drug-likeness (QED) is 0.688. The van der Waals surface area contributed by atoms with Crippen molar-refractivity contribution in [3.05, 3.63) is 39.1 Å². The molecule has 0 aliphatic carbocycles. The number of aromatic nitrogens is 2. The van der Waals surface area contributed by atoms with Gasteiger partial charge in [-0.15, -0.1) is 11.3 Å². The third-order valence-electron chi connectivity index (χ3n) is 3.09. The standard InChI is InChI=1S/C14H15N5OS/c1-9-11(4-13(6-15)19(9)3)7-16-18-14(20)5-12-8-21-10(2)17-12/h4,7-8H,5H2,1-3H3,(H,18,20)/b16-7-. The highest BCUT2D eigenvalue weighted by Gasteiger charge is 2.07. The summed E-state index contributed by atoms with van der Waals surface area (Å²) in [4.78, 5) is 15.9. The molecule has 0 saturated heterocycles. The molecular formula is C14H15N5OS. The van der Waals surface area contributed by atoms with Crippen LogP contribution in [0.2, 0.25) is 0 Å². The summed E-state index contributed by atoms with van der Waals surface area (Å²) in [5.41, 5.74) is 5.48. The van der Waals surface area contributed by atoms with Crippen molar-refractivity contribution in [1.82, 2.24) is 15.0 Å². The SMILES string of the molecule is Cc1nc(CC(=O)N/N=C\c2cc(C#N)n(C)c2C)cs1. The fourth-order valence-corrected chi connectivity index (χ4v) is 2.44. The predicted octanol–water partition coefficient (Wildman–Crippen LogP) is 1.66. The van der Waals surface area contributed by atoms with Crippen LogP contribution in [-0.2, 0) is 18.3 Å². The zero-order chi connectivity index (χ0) is 15.4. The second-order valence-corrected chi connectivity index (χ2v) is 5.63. The van der Waals surface area contributed by atoms with Gasteiger partial charge in [0.05, 0.1) is 23.3 Å². The van der Waals surface area contributed by atoms with Crippen LogP contribution in [0.15, 0.2) is 16.5 Å². The lowest BCUT2D eigenvalue weighted by molar-refractivity contribution is -0.120. The van der Waals surface area contributed by atoms with E-state index in [0.717, 1.165) is 22.0 Å². The van der Waals surface area contributed by atoms with Gasteiger partial charge in [-0.2, -0.15) is 10.4 Å². The van der Waals surface area contributed by atoms with E-state index < -0.39 is 0 Å². The van der Waals surface area contributed by atoms with Crippen LogP contribution in [0.5, 0.6) is 0 Å². The molecule has 0 saturated carbocycles. The zero-order valence-electron chi connectivity index (χ0n) is 12.0. The summed E-state index contributed by atoms with van der Waals surface area (Å²) in [5.74, 6) is -0.217. The Kier molecular flexibility index (Phi) is 4.50. The monoisotopic (exact) mass is 301 g/mol. The number of thiazole rings is 1. The van der Waals surface area contributed by atoms with E-state index in [0.29, 0.717) is 5.69 Å². The van der Waals surface area contributed by atoms with Gasteiger partial charge in [-0.05, 0) is 19.9 Å². The predicted molar refractivity (Wildman–Crippen MR) is 81.2 cm³/mol. The van der Waals surface area contributed by atoms with Gasteiger partial charge in [0.25, 0.3) is 0 Å². The second-order valence-electron chi connectivity index (χ2n) is 4.57. The first-order valence-corrected chi connectivity index (χ1v) is 7.18. The Hall–Kier alpha value is -2.46. The number of hydrogen-bond donors (Lipinski definition) is 1. The lowest BCUT2D eigenvalue weighted by atomic mass is 10.3. The minimum absolute atomic E-state index is 0.207. The van der Waals surface area contributed by atoms with E-state index in [-0.39, 0.29) is 12.3 Å². The van der Waals surface area contributed by atoms with E-state index in [1.54, 1.807) is 16.8 Å². The van der Waals surface area contributed by atoms with Gasteiger partial charge in [0.15, 0.2) is 0 Å². The second kappa shape index (κ2) is 6.33. The van der Waals surface area contributed by atoms with Gasteiger partial charge in [-0.1, -0.05) is 0 Å². The molecule has 1 amide bonds. The van der Waals surface area contributed by atoms with Crippen LogP contribution < -0.4 is 5.43 Å². The molecule has 6 nitrogen and oxygen atoms in total. The minimum Gasteiger partial charge on any atom is -0.339 e. The van der Waals surface area contributed by atoms with Crippen molar-refractivity contribution in [3.8, 4) is 6.07 Å². The number of nitrogens with one attached hydrogen (secondary N) is 1. The maximum Gasteiger partial charge on any atom is 0.246 e. The van der Waals surface area contributed by atoms with Crippen molar-refractivity contribution in [2.45, 2.75) is 20.3 Å². The van der Waals surface area contributed by atoms with Gasteiger partial charge in [0.2, 0.25) is 5.91 Å². The molecule has 0 spiro atoms. The number of carbonyl (C=O) groups excluding carboxylic acids is 1. The first-order valence-electron chi connectivity index (χ1n) is 6.30. The summed E-state index contributed by atoms with van der Waals surface area (Å²) < 4.78 is 1.78. The Morgan fingerprint density at radius 2 is 2.38 bits per heavy atom. The molecule has 0 aliphatic heterocycles. The summed E-state index contributed by atoms with van der Waals surface area (Å²) >= 11 is 1.51. The first-order chi connectivity index (χ1) is 10.0. The number of nitriles is 1. The number of hydrazone groups is 1. The normalized spacial score (nSPS) is 10.8. The molecule has 0 radical (unpaired) electrons. The molecule has 0 bridgehead atoms.